The van der Waals surface area contributed by atoms with Crippen LogP contribution >= 0.6 is 22.4 Å². The van der Waals surface area contributed by atoms with E-state index in [4.69, 9.17) is 11.6 Å². The Kier molecular flexibility index (Phi) is 7.74. The largest absolute Gasteiger partial charge is 0.480 e. The Morgan fingerprint density at radius 3 is 2.35 bits per heavy atom. The molecule has 1 fully saturated rings. The van der Waals surface area contributed by atoms with Gasteiger partial charge in [-0.3, -0.25) is 14.4 Å². The lowest BCUT2D eigenvalue weighted by Gasteiger charge is -2.56. The van der Waals surface area contributed by atoms with Gasteiger partial charge in [0.1, 0.15) is 12.6 Å². The number of amides is 2. The van der Waals surface area contributed by atoms with E-state index < -0.39 is 44.1 Å². The number of alkyl halides is 1. The molecule has 2 N–H and O–H groups in total. The molecule has 8 nitrogen and oxygen atoms in total. The zero-order valence-corrected chi connectivity index (χ0v) is 20.6. The van der Waals surface area contributed by atoms with Crippen LogP contribution in [-0.2, 0) is 29.7 Å². The van der Waals surface area contributed by atoms with Crippen molar-refractivity contribution in [2.45, 2.75) is 29.2 Å². The number of β-lactam (4-membered cyclic amide) rings is 1. The number of aliphatic carboxylic acids is 1. The van der Waals surface area contributed by atoms with Gasteiger partial charge in [0.15, 0.2) is 4.87 Å². The topological polar surface area (TPSA) is 121 Å². The number of nitrogens with one attached hydrogen (secondary N) is 1. The van der Waals surface area contributed by atoms with Gasteiger partial charge in [-0.1, -0.05) is 54.6 Å². The van der Waals surface area contributed by atoms with Crippen LogP contribution in [0.2, 0.25) is 0 Å². The first-order valence-electron chi connectivity index (χ1n) is 10.1. The highest BCUT2D eigenvalue weighted by molar-refractivity contribution is 8.72. The van der Waals surface area contributed by atoms with Crippen molar-refractivity contribution in [3.63, 3.8) is 0 Å². The van der Waals surface area contributed by atoms with Crippen molar-refractivity contribution >= 4 is 49.0 Å². The number of hydrogen-bond acceptors (Lipinski definition) is 6. The summed E-state index contributed by atoms with van der Waals surface area (Å²) in [6, 6.07) is 13.5. The molecule has 1 aliphatic heterocycles. The van der Waals surface area contributed by atoms with Gasteiger partial charge in [0.05, 0.1) is 11.3 Å². The molecule has 0 aliphatic carbocycles. The molecule has 2 unspecified atom stereocenters. The Bertz CT molecular complexity index is 1220. The molecule has 3 rings (SSSR count). The molecule has 2 aromatic carbocycles. The van der Waals surface area contributed by atoms with Gasteiger partial charge in [-0.15, -0.1) is 11.6 Å². The van der Waals surface area contributed by atoms with Crippen molar-refractivity contribution in [2.75, 3.05) is 12.4 Å². The number of aryl methyl sites for hydroxylation is 1. The summed E-state index contributed by atoms with van der Waals surface area (Å²) in [7, 11) is -3.76. The number of nitrogens with zero attached hydrogens (tertiary/aromatic N) is 1. The molecule has 2 amide bonds. The van der Waals surface area contributed by atoms with Gasteiger partial charge < -0.3 is 15.3 Å². The number of likely N-dealkylation sites (tertiary alicyclic amines) is 1. The summed E-state index contributed by atoms with van der Waals surface area (Å²) in [5, 5.41) is 11.9. The van der Waals surface area contributed by atoms with E-state index in [0.29, 0.717) is 16.4 Å². The minimum absolute atomic E-state index is 0.0335. The lowest BCUT2D eigenvalue weighted by molar-refractivity contribution is -0.160. The SMILES string of the molecule is C=C(CCl)C1(SS(=O)(=O)c2ccc(C)cc2)C(NC(=O)Cc2ccccc2)C(=O)N1CC(=O)O. The van der Waals surface area contributed by atoms with Gasteiger partial charge in [0.25, 0.3) is 5.91 Å². The molecule has 0 aromatic heterocycles. The van der Waals surface area contributed by atoms with Crippen LogP contribution in [0.25, 0.3) is 0 Å². The molecule has 11 heteroatoms. The predicted molar refractivity (Wildman–Crippen MR) is 130 cm³/mol. The Morgan fingerprint density at radius 2 is 1.79 bits per heavy atom. The van der Waals surface area contributed by atoms with Crippen LogP contribution in [0.4, 0.5) is 0 Å². The van der Waals surface area contributed by atoms with Crippen LogP contribution in [0.15, 0.2) is 71.6 Å². The summed E-state index contributed by atoms with van der Waals surface area (Å²) in [6.07, 6.45) is -0.0532. The fourth-order valence-corrected chi connectivity index (χ4v) is 8.03. The maximum Gasteiger partial charge on any atom is 0.323 e. The molecule has 0 saturated carbocycles. The highest BCUT2D eigenvalue weighted by atomic mass is 35.5. The predicted octanol–water partition coefficient (Wildman–Crippen LogP) is 2.56. The number of benzene rings is 2. The lowest BCUT2D eigenvalue weighted by atomic mass is 9.88. The van der Waals surface area contributed by atoms with Crippen LogP contribution in [0.1, 0.15) is 11.1 Å². The van der Waals surface area contributed by atoms with Crippen LogP contribution in [0, 0.1) is 6.92 Å². The first kappa shape index (κ1) is 25.8. The van der Waals surface area contributed by atoms with E-state index in [9.17, 15) is 27.9 Å². The van der Waals surface area contributed by atoms with E-state index in [2.05, 4.69) is 11.9 Å². The molecule has 1 saturated heterocycles. The molecule has 2 aromatic rings. The third kappa shape index (κ3) is 5.13. The van der Waals surface area contributed by atoms with E-state index >= 15 is 0 Å². The van der Waals surface area contributed by atoms with Crippen LogP contribution in [0.5, 0.6) is 0 Å². The van der Waals surface area contributed by atoms with Gasteiger partial charge in [-0.25, -0.2) is 8.42 Å². The maximum atomic E-state index is 13.3. The Balaban J connectivity index is 1.99. The van der Waals surface area contributed by atoms with E-state index in [0.717, 1.165) is 10.5 Å². The number of carbonyl (C=O) groups excluding carboxylic acids is 2. The second-order valence-corrected chi connectivity index (χ2v) is 12.0. The summed E-state index contributed by atoms with van der Waals surface area (Å²) < 4.78 is 26.6. The number of hydrogen-bond donors (Lipinski definition) is 2. The number of rotatable bonds is 10. The van der Waals surface area contributed by atoms with Gasteiger partial charge in [0.2, 0.25) is 14.8 Å². The third-order valence-corrected chi connectivity index (χ3v) is 9.71. The monoisotopic (exact) mass is 522 g/mol. The van der Waals surface area contributed by atoms with Crippen molar-refractivity contribution in [3.05, 3.63) is 77.9 Å². The zero-order valence-electron chi connectivity index (χ0n) is 18.2. The van der Waals surface area contributed by atoms with Crippen molar-refractivity contribution < 1.29 is 27.9 Å². The van der Waals surface area contributed by atoms with E-state index in [-0.39, 0.29) is 22.8 Å². The molecule has 1 heterocycles. The van der Waals surface area contributed by atoms with Gasteiger partial charge in [-0.05, 0) is 30.2 Å². The smallest absolute Gasteiger partial charge is 0.323 e. The Morgan fingerprint density at radius 1 is 1.18 bits per heavy atom. The molecule has 34 heavy (non-hydrogen) atoms. The van der Waals surface area contributed by atoms with Crippen LogP contribution in [-0.4, -0.2) is 59.5 Å². The minimum atomic E-state index is -4.11. The average molecular weight is 523 g/mol. The number of carboxylic acids is 1. The maximum absolute atomic E-state index is 13.3. The molecule has 0 spiro atoms. The standard InChI is InChI=1S/C23H23ClN2O6S2/c1-15-8-10-18(11-9-15)34(31,32)33-23(16(2)13-24)21(22(30)26(23)14-20(28)29)25-19(27)12-17-6-4-3-5-7-17/h3-11,21H,2,12-14H2,1H3,(H,25,27)(H,28,29). The van der Waals surface area contributed by atoms with Gasteiger partial charge in [-0.2, -0.15) is 0 Å². The van der Waals surface area contributed by atoms with Crippen molar-refractivity contribution in [3.8, 4) is 0 Å². The van der Waals surface area contributed by atoms with Crippen molar-refractivity contribution in [1.29, 1.82) is 0 Å². The minimum Gasteiger partial charge on any atom is -0.480 e. The lowest BCUT2D eigenvalue weighted by Crippen LogP contribution is -2.79. The summed E-state index contributed by atoms with van der Waals surface area (Å²) in [6.45, 7) is 4.86. The van der Waals surface area contributed by atoms with Crippen molar-refractivity contribution in [2.24, 2.45) is 0 Å². The van der Waals surface area contributed by atoms with Gasteiger partial charge >= 0.3 is 5.97 Å². The van der Waals surface area contributed by atoms with E-state index in [1.807, 2.05) is 0 Å². The first-order valence-corrected chi connectivity index (χ1v) is 13.5. The van der Waals surface area contributed by atoms with Crippen LogP contribution in [0.3, 0.4) is 0 Å². The second-order valence-electron chi connectivity index (χ2n) is 7.77. The van der Waals surface area contributed by atoms with E-state index in [1.165, 1.54) is 12.1 Å². The van der Waals surface area contributed by atoms with Crippen molar-refractivity contribution in [1.82, 2.24) is 10.2 Å². The molecular formula is C23H23ClN2O6S2. The van der Waals surface area contributed by atoms with E-state index in [1.54, 1.807) is 49.4 Å². The summed E-state index contributed by atoms with van der Waals surface area (Å²) in [4.78, 5) is 36.2. The fourth-order valence-electron chi connectivity index (χ4n) is 3.62. The molecule has 0 radical (unpaired) electrons. The highest BCUT2D eigenvalue weighted by Gasteiger charge is 2.65. The molecule has 1 aliphatic rings. The summed E-state index contributed by atoms with van der Waals surface area (Å²) in [5.41, 5.74) is 1.62. The van der Waals surface area contributed by atoms with Gasteiger partial charge in [0, 0.05) is 16.7 Å². The molecule has 0 bridgehead atoms. The Labute approximate surface area is 206 Å². The molecule has 2 atom stereocenters. The number of carboxylic acid groups (broad SMARTS) is 1. The second kappa shape index (κ2) is 10.2. The molecular weight excluding hydrogens is 500 g/mol. The summed E-state index contributed by atoms with van der Waals surface area (Å²) in [5.74, 6) is -2.87. The quantitative estimate of drug-likeness (QED) is 0.213. The molecule has 180 valence electrons. The van der Waals surface area contributed by atoms with Crippen LogP contribution < -0.4 is 5.32 Å². The third-order valence-electron chi connectivity index (χ3n) is 5.33. The first-order chi connectivity index (χ1) is 16.0. The number of carbonyl (C=O) groups is 3. The zero-order chi connectivity index (χ0) is 25.1. The normalized spacial score (nSPS) is 19.9. The average Bonchev–Trinajstić information content (AvgIpc) is 2.80. The fraction of sp³-hybridized carbons (Fsp3) is 0.261. The highest BCUT2D eigenvalue weighted by Crippen LogP contribution is 2.51. The summed E-state index contributed by atoms with van der Waals surface area (Å²) >= 11 is 6.02. The Hall–Kier alpha value is -2.82. The number of halogens is 1.